The zero-order valence-electron chi connectivity index (χ0n) is 13.9. The van der Waals surface area contributed by atoms with Crippen molar-refractivity contribution in [2.75, 3.05) is 0 Å². The Balaban J connectivity index is 1.72. The predicted molar refractivity (Wildman–Crippen MR) is 96.6 cm³/mol. The first-order valence-electron chi connectivity index (χ1n) is 8.15. The topological polar surface area (TPSA) is 46.9 Å². The van der Waals surface area contributed by atoms with E-state index < -0.39 is 0 Å². The summed E-state index contributed by atoms with van der Waals surface area (Å²) in [5, 5.41) is 8.75. The van der Waals surface area contributed by atoms with E-state index in [1.807, 2.05) is 32.2 Å². The lowest BCUT2D eigenvalue weighted by Crippen LogP contribution is -2.56. The first-order valence-corrected chi connectivity index (χ1v) is 8.91. The van der Waals surface area contributed by atoms with Gasteiger partial charge in [0.05, 0.1) is 6.20 Å². The lowest BCUT2D eigenvalue weighted by atomic mass is 9.72. The van der Waals surface area contributed by atoms with Gasteiger partial charge >= 0.3 is 0 Å². The lowest BCUT2D eigenvalue weighted by Gasteiger charge is -2.43. The Hall–Kier alpha value is -1.52. The molecule has 4 nitrogen and oxygen atoms in total. The van der Waals surface area contributed by atoms with Gasteiger partial charge in [-0.05, 0) is 62.8 Å². The highest BCUT2D eigenvalue weighted by Crippen LogP contribution is 2.37. The maximum Gasteiger partial charge on any atom is 0.245 e. The van der Waals surface area contributed by atoms with Crippen molar-refractivity contribution in [1.82, 2.24) is 15.1 Å². The number of rotatable bonds is 5. The number of hydrogen-bond acceptors (Lipinski definition) is 2. The van der Waals surface area contributed by atoms with Crippen LogP contribution < -0.4 is 5.32 Å². The molecule has 6 heteroatoms. The monoisotopic (exact) mass is 365 g/mol. The van der Waals surface area contributed by atoms with Crippen molar-refractivity contribution in [2.45, 2.75) is 51.1 Å². The molecule has 2 aromatic rings. The average molecular weight is 366 g/mol. The number of benzene rings is 1. The molecule has 24 heavy (non-hydrogen) atoms. The van der Waals surface area contributed by atoms with Gasteiger partial charge in [0.1, 0.15) is 6.04 Å². The van der Waals surface area contributed by atoms with Gasteiger partial charge in [-0.1, -0.05) is 29.3 Å². The van der Waals surface area contributed by atoms with Crippen LogP contribution in [0.15, 0.2) is 30.6 Å². The molecule has 1 aromatic heterocycles. The maximum absolute atomic E-state index is 12.7. The maximum atomic E-state index is 12.7. The van der Waals surface area contributed by atoms with Crippen LogP contribution in [0.5, 0.6) is 0 Å². The highest BCUT2D eigenvalue weighted by atomic mass is 35.5. The Morgan fingerprint density at radius 1 is 1.42 bits per heavy atom. The molecule has 0 aliphatic heterocycles. The standard InChI is InChI=1S/C18H21Cl2N3O/c1-12-10-21-23(11-12)13(2)17(24)22-18(6-3-7-18)9-14-4-5-15(19)8-16(14)20/h4-5,8,10-11,13H,3,6-7,9H2,1-2H3,(H,22,24). The zero-order valence-corrected chi connectivity index (χ0v) is 15.4. The molecule has 128 valence electrons. The molecular weight excluding hydrogens is 345 g/mol. The summed E-state index contributed by atoms with van der Waals surface area (Å²) in [5.41, 5.74) is 1.84. The summed E-state index contributed by atoms with van der Waals surface area (Å²) in [7, 11) is 0. The molecular formula is C18H21Cl2N3O. The first kappa shape index (κ1) is 17.3. The van der Waals surface area contributed by atoms with Crippen LogP contribution in [-0.2, 0) is 11.2 Å². The molecule has 1 heterocycles. The SMILES string of the molecule is Cc1cnn(C(C)C(=O)NC2(Cc3ccc(Cl)cc3Cl)CCC2)c1. The molecule has 3 rings (SSSR count). The Bertz CT molecular complexity index is 752. The van der Waals surface area contributed by atoms with Gasteiger partial charge in [0.15, 0.2) is 0 Å². The molecule has 1 aliphatic rings. The van der Waals surface area contributed by atoms with Gasteiger partial charge in [-0.3, -0.25) is 9.48 Å². The third kappa shape index (κ3) is 3.60. The number of halogens is 2. The zero-order chi connectivity index (χ0) is 17.3. The highest BCUT2D eigenvalue weighted by molar-refractivity contribution is 6.35. The summed E-state index contributed by atoms with van der Waals surface area (Å²) < 4.78 is 1.70. The van der Waals surface area contributed by atoms with Crippen LogP contribution in [0.1, 0.15) is 43.4 Å². The number of nitrogens with zero attached hydrogens (tertiary/aromatic N) is 2. The molecule has 1 saturated carbocycles. The Labute approximate surface area is 152 Å². The fraction of sp³-hybridized carbons (Fsp3) is 0.444. The van der Waals surface area contributed by atoms with Crippen molar-refractivity contribution in [1.29, 1.82) is 0 Å². The van der Waals surface area contributed by atoms with Crippen molar-refractivity contribution in [3.05, 3.63) is 51.8 Å². The van der Waals surface area contributed by atoms with E-state index in [-0.39, 0.29) is 17.5 Å². The van der Waals surface area contributed by atoms with E-state index in [9.17, 15) is 4.79 Å². The number of carbonyl (C=O) groups is 1. The number of aryl methyl sites for hydroxylation is 1. The van der Waals surface area contributed by atoms with Gasteiger partial charge in [0.2, 0.25) is 5.91 Å². The normalized spacial score (nSPS) is 17.2. The molecule has 0 spiro atoms. The summed E-state index contributed by atoms with van der Waals surface area (Å²) in [5.74, 6) is -0.0112. The third-order valence-electron chi connectivity index (χ3n) is 4.75. The minimum Gasteiger partial charge on any atom is -0.348 e. The summed E-state index contributed by atoms with van der Waals surface area (Å²) >= 11 is 12.3. The number of hydrogen-bond donors (Lipinski definition) is 1. The average Bonchev–Trinajstić information content (AvgIpc) is 2.93. The molecule has 0 bridgehead atoms. The molecule has 1 amide bonds. The van der Waals surface area contributed by atoms with E-state index in [1.54, 1.807) is 16.9 Å². The van der Waals surface area contributed by atoms with Crippen molar-refractivity contribution in [2.24, 2.45) is 0 Å². The number of aromatic nitrogens is 2. The second-order valence-corrected chi connectivity index (χ2v) is 7.55. The number of carbonyl (C=O) groups excluding carboxylic acids is 1. The smallest absolute Gasteiger partial charge is 0.245 e. The second-order valence-electron chi connectivity index (χ2n) is 6.71. The molecule has 1 fully saturated rings. The van der Waals surface area contributed by atoms with Crippen molar-refractivity contribution >= 4 is 29.1 Å². The summed E-state index contributed by atoms with van der Waals surface area (Å²) in [6.07, 6.45) is 7.40. The van der Waals surface area contributed by atoms with E-state index in [0.717, 1.165) is 36.8 Å². The first-order chi connectivity index (χ1) is 11.4. The summed E-state index contributed by atoms with van der Waals surface area (Å²) in [6.45, 7) is 3.83. The van der Waals surface area contributed by atoms with Crippen LogP contribution in [0.3, 0.4) is 0 Å². The van der Waals surface area contributed by atoms with E-state index >= 15 is 0 Å². The van der Waals surface area contributed by atoms with E-state index in [2.05, 4.69) is 10.4 Å². The fourth-order valence-corrected chi connectivity index (χ4v) is 3.59. The molecule has 1 atom stereocenters. The summed E-state index contributed by atoms with van der Waals surface area (Å²) in [6, 6.07) is 5.20. The molecule has 1 N–H and O–H groups in total. The van der Waals surface area contributed by atoms with E-state index in [1.165, 1.54) is 0 Å². The van der Waals surface area contributed by atoms with E-state index in [4.69, 9.17) is 23.2 Å². The van der Waals surface area contributed by atoms with E-state index in [0.29, 0.717) is 10.0 Å². The predicted octanol–water partition coefficient (Wildman–Crippen LogP) is 4.34. The molecule has 1 aromatic carbocycles. The lowest BCUT2D eigenvalue weighted by molar-refractivity contribution is -0.127. The largest absolute Gasteiger partial charge is 0.348 e. The molecule has 1 aliphatic carbocycles. The van der Waals surface area contributed by atoms with Gasteiger partial charge in [0.25, 0.3) is 0 Å². The molecule has 1 unspecified atom stereocenters. The number of amides is 1. The van der Waals surface area contributed by atoms with Crippen molar-refractivity contribution in [3.8, 4) is 0 Å². The van der Waals surface area contributed by atoms with Crippen molar-refractivity contribution < 1.29 is 4.79 Å². The molecule has 0 radical (unpaired) electrons. The van der Waals surface area contributed by atoms with Gasteiger partial charge < -0.3 is 5.32 Å². The van der Waals surface area contributed by atoms with Gasteiger partial charge in [0, 0.05) is 21.8 Å². The Kier molecular flexibility index (Phi) is 4.88. The highest BCUT2D eigenvalue weighted by Gasteiger charge is 2.39. The van der Waals surface area contributed by atoms with Gasteiger partial charge in [-0.25, -0.2) is 0 Å². The minimum absolute atomic E-state index is 0.0112. The van der Waals surface area contributed by atoms with Gasteiger partial charge in [-0.15, -0.1) is 0 Å². The van der Waals surface area contributed by atoms with Crippen LogP contribution in [0.25, 0.3) is 0 Å². The van der Waals surface area contributed by atoms with Crippen LogP contribution >= 0.6 is 23.2 Å². The molecule has 0 saturated heterocycles. The second kappa shape index (κ2) is 6.77. The van der Waals surface area contributed by atoms with Crippen LogP contribution in [0.4, 0.5) is 0 Å². The number of nitrogens with one attached hydrogen (secondary N) is 1. The van der Waals surface area contributed by atoms with Crippen molar-refractivity contribution in [3.63, 3.8) is 0 Å². The van der Waals surface area contributed by atoms with Crippen LogP contribution in [-0.4, -0.2) is 21.2 Å². The third-order valence-corrected chi connectivity index (χ3v) is 5.34. The summed E-state index contributed by atoms with van der Waals surface area (Å²) in [4.78, 5) is 12.7. The quantitative estimate of drug-likeness (QED) is 0.856. The van der Waals surface area contributed by atoms with Crippen LogP contribution in [0, 0.1) is 6.92 Å². The van der Waals surface area contributed by atoms with Gasteiger partial charge in [-0.2, -0.15) is 5.10 Å². The minimum atomic E-state index is -0.336. The Morgan fingerprint density at radius 3 is 2.71 bits per heavy atom. The Morgan fingerprint density at radius 2 is 2.17 bits per heavy atom. The van der Waals surface area contributed by atoms with Crippen LogP contribution in [0.2, 0.25) is 10.0 Å². The fourth-order valence-electron chi connectivity index (χ4n) is 3.11.